The standard InChI is InChI=1S/C57H62N10O11/c1-35(2)19-44-54(71)62(27-39-13-17-46-48(23-39)77-33-75-46)29-50-64(44)52(69)31-60(3)66(50)56(73)58-25-37-7-5-9-41(20-37)42-10-6-8-38(21-42)26-59-57(74)67-51-30-63(28-40-14-18-47-49(24-40)78-34-76-47)55(72)45(65(51)53(70)32-61(67)4)22-36-11-15-43(68)16-12-36/h5-18,20-21,23-24,35,44-45,50-51,68H,19,22,25-34H2,1-4H3,(H,58,73)(H,59,74)/t44-,45-,50-,51-/m0/s1. The monoisotopic (exact) mass is 1060 g/mol. The van der Waals surface area contributed by atoms with Gasteiger partial charge in [-0.05, 0) is 99.8 Å². The van der Waals surface area contributed by atoms with E-state index >= 15 is 0 Å². The number of rotatable bonds is 13. The molecule has 0 aromatic heterocycles. The summed E-state index contributed by atoms with van der Waals surface area (Å²) >= 11 is 0. The van der Waals surface area contributed by atoms with Gasteiger partial charge in [0.05, 0.1) is 26.2 Å². The number of urea groups is 2. The minimum atomic E-state index is -0.933. The summed E-state index contributed by atoms with van der Waals surface area (Å²) < 4.78 is 22.2. The summed E-state index contributed by atoms with van der Waals surface area (Å²) in [5.74, 6) is 1.66. The molecular formula is C57H62N10O11. The largest absolute Gasteiger partial charge is 0.508 e. The van der Waals surface area contributed by atoms with Crippen LogP contribution in [0.5, 0.6) is 28.7 Å². The number of carbonyl (C=O) groups excluding carboxylic acids is 6. The summed E-state index contributed by atoms with van der Waals surface area (Å²) in [6.45, 7) is 4.97. The maximum atomic E-state index is 14.5. The van der Waals surface area contributed by atoms with E-state index in [4.69, 9.17) is 18.9 Å². The van der Waals surface area contributed by atoms with Crippen molar-refractivity contribution in [3.63, 3.8) is 0 Å². The van der Waals surface area contributed by atoms with Crippen molar-refractivity contribution >= 4 is 35.7 Å². The van der Waals surface area contributed by atoms with Gasteiger partial charge in [-0.3, -0.25) is 19.2 Å². The number of likely N-dealkylation sites (N-methyl/N-ethyl adjacent to an activating group) is 2. The molecule has 6 aliphatic rings. The predicted molar refractivity (Wildman–Crippen MR) is 281 cm³/mol. The first-order valence-electron chi connectivity index (χ1n) is 26.1. The molecule has 11 rings (SSSR count). The van der Waals surface area contributed by atoms with Crippen molar-refractivity contribution in [3.8, 4) is 39.9 Å². The highest BCUT2D eigenvalue weighted by atomic mass is 16.7. The number of piperazine rings is 2. The molecule has 3 N–H and O–H groups in total. The fourth-order valence-electron chi connectivity index (χ4n) is 11.4. The van der Waals surface area contributed by atoms with Gasteiger partial charge >= 0.3 is 12.1 Å². The van der Waals surface area contributed by atoms with Gasteiger partial charge < -0.3 is 54.3 Å². The minimum absolute atomic E-state index is 0.0458. The Balaban J connectivity index is 0.768. The van der Waals surface area contributed by atoms with Crippen molar-refractivity contribution in [1.82, 2.24) is 50.3 Å². The molecule has 5 aromatic carbocycles. The number of phenolic OH excluding ortho intramolecular Hbond substituents is 1. The topological polar surface area (TPSA) is 210 Å². The van der Waals surface area contributed by atoms with Crippen LogP contribution in [0, 0.1) is 5.92 Å². The number of fused-ring (bicyclic) bond motifs is 4. The summed E-state index contributed by atoms with van der Waals surface area (Å²) in [4.78, 5) is 91.7. The summed E-state index contributed by atoms with van der Waals surface area (Å²) in [5, 5.41) is 22.4. The van der Waals surface area contributed by atoms with E-state index in [0.29, 0.717) is 29.4 Å². The third kappa shape index (κ3) is 10.4. The van der Waals surface area contributed by atoms with E-state index in [-0.39, 0.29) is 108 Å². The Labute approximate surface area is 451 Å². The lowest BCUT2D eigenvalue weighted by Crippen LogP contribution is -2.76. The van der Waals surface area contributed by atoms with Crippen LogP contribution < -0.4 is 29.6 Å². The van der Waals surface area contributed by atoms with E-state index in [1.807, 2.05) is 92.7 Å². The number of hydrogen-bond donors (Lipinski definition) is 3. The fourth-order valence-corrected chi connectivity index (χ4v) is 11.4. The third-order valence-corrected chi connectivity index (χ3v) is 15.1. The summed E-state index contributed by atoms with van der Waals surface area (Å²) in [6, 6.07) is 30.6. The Hall–Kier alpha value is -8.56. The molecule has 0 unspecified atom stereocenters. The van der Waals surface area contributed by atoms with Crippen molar-refractivity contribution in [1.29, 1.82) is 0 Å². The number of ether oxygens (including phenoxy) is 4. The molecule has 0 spiro atoms. The molecule has 6 aliphatic heterocycles. The van der Waals surface area contributed by atoms with Crippen molar-refractivity contribution in [3.05, 3.63) is 137 Å². The average Bonchev–Trinajstić information content (AvgIpc) is 4.17. The Morgan fingerprint density at radius 1 is 0.564 bits per heavy atom. The molecule has 406 valence electrons. The lowest BCUT2D eigenvalue weighted by molar-refractivity contribution is -0.188. The number of carbonyl (C=O) groups is 6. The van der Waals surface area contributed by atoms with Crippen LogP contribution in [0.15, 0.2) is 109 Å². The Bertz CT molecular complexity index is 3160. The lowest BCUT2D eigenvalue weighted by atomic mass is 9.96. The van der Waals surface area contributed by atoms with Crippen LogP contribution in [0.3, 0.4) is 0 Å². The molecule has 4 fully saturated rings. The molecule has 78 heavy (non-hydrogen) atoms. The van der Waals surface area contributed by atoms with Gasteiger partial charge in [-0.15, -0.1) is 0 Å². The molecule has 0 saturated carbocycles. The number of hydrogen-bond acceptors (Lipinski definition) is 13. The minimum Gasteiger partial charge on any atom is -0.508 e. The number of aromatic hydroxyl groups is 1. The number of nitrogens with zero attached hydrogens (tertiary/aromatic N) is 8. The molecule has 4 saturated heterocycles. The van der Waals surface area contributed by atoms with Crippen LogP contribution >= 0.6 is 0 Å². The fraction of sp³-hybridized carbons (Fsp3) is 0.368. The van der Waals surface area contributed by atoms with Crippen LogP contribution in [-0.2, 0) is 51.8 Å². The molecule has 21 heteroatoms. The Kier molecular flexibility index (Phi) is 14.2. The zero-order valence-electron chi connectivity index (χ0n) is 43.9. The Morgan fingerprint density at radius 2 is 1.01 bits per heavy atom. The zero-order chi connectivity index (χ0) is 54.4. The number of benzene rings is 5. The number of phenols is 1. The normalized spacial score (nSPS) is 21.1. The highest BCUT2D eigenvalue weighted by Crippen LogP contribution is 2.37. The molecule has 8 amide bonds. The second-order valence-electron chi connectivity index (χ2n) is 20.9. The maximum absolute atomic E-state index is 14.5. The molecule has 6 heterocycles. The third-order valence-electron chi connectivity index (χ3n) is 15.1. The highest BCUT2D eigenvalue weighted by molar-refractivity contribution is 5.93. The average molecular weight is 1060 g/mol. The maximum Gasteiger partial charge on any atom is 0.334 e. The van der Waals surface area contributed by atoms with Gasteiger partial charge in [0, 0.05) is 46.7 Å². The Morgan fingerprint density at radius 3 is 1.50 bits per heavy atom. The van der Waals surface area contributed by atoms with Gasteiger partial charge in [-0.1, -0.05) is 74.5 Å². The van der Waals surface area contributed by atoms with E-state index in [0.717, 1.165) is 38.9 Å². The SMILES string of the molecule is CC(C)C[C@H]1C(=O)N(Cc2ccc3c(c2)OCO3)C[C@H]2N1C(=O)CN(C)N2C(=O)NCc1cccc(-c2cccc(CNC(=O)N3[C@H]4CN(Cc5ccc6c(c5)OCO6)C(=O)[C@H](Cc5ccc(O)cc5)N4C(=O)CN3C)c2)c1. The predicted octanol–water partition coefficient (Wildman–Crippen LogP) is 4.68. The van der Waals surface area contributed by atoms with Gasteiger partial charge in [0.25, 0.3) is 0 Å². The zero-order valence-corrected chi connectivity index (χ0v) is 43.9. The van der Waals surface area contributed by atoms with Crippen molar-refractivity contribution < 1.29 is 52.8 Å². The molecular weight excluding hydrogens is 1000 g/mol. The highest BCUT2D eigenvalue weighted by Gasteiger charge is 2.52. The van der Waals surface area contributed by atoms with E-state index < -0.39 is 36.5 Å². The second kappa shape index (κ2) is 21.5. The van der Waals surface area contributed by atoms with Crippen molar-refractivity contribution in [2.24, 2.45) is 5.92 Å². The van der Waals surface area contributed by atoms with E-state index in [1.54, 1.807) is 74.2 Å². The smallest absolute Gasteiger partial charge is 0.334 e. The summed E-state index contributed by atoms with van der Waals surface area (Å²) in [6.07, 6.45) is -0.985. The first-order chi connectivity index (χ1) is 37.6. The first kappa shape index (κ1) is 51.5. The molecule has 21 nitrogen and oxygen atoms in total. The second-order valence-corrected chi connectivity index (χ2v) is 20.9. The van der Waals surface area contributed by atoms with Gasteiger partial charge in [-0.25, -0.2) is 29.6 Å². The number of hydrazine groups is 2. The van der Waals surface area contributed by atoms with Gasteiger partial charge in [0.2, 0.25) is 37.2 Å². The van der Waals surface area contributed by atoms with E-state index in [1.165, 1.54) is 9.91 Å². The van der Waals surface area contributed by atoms with E-state index in [2.05, 4.69) is 10.6 Å². The van der Waals surface area contributed by atoms with Crippen molar-refractivity contribution in [2.45, 2.75) is 77.3 Å². The van der Waals surface area contributed by atoms with E-state index in [9.17, 15) is 33.9 Å². The summed E-state index contributed by atoms with van der Waals surface area (Å²) in [5.41, 5.74) is 5.75. The van der Waals surface area contributed by atoms with Crippen LogP contribution in [0.1, 0.15) is 48.1 Å². The summed E-state index contributed by atoms with van der Waals surface area (Å²) in [7, 11) is 3.38. The number of amides is 8. The lowest BCUT2D eigenvalue weighted by Gasteiger charge is -2.54. The van der Waals surface area contributed by atoms with Crippen molar-refractivity contribution in [2.75, 3.05) is 53.9 Å². The van der Waals surface area contributed by atoms with Gasteiger partial charge in [0.15, 0.2) is 23.0 Å². The van der Waals surface area contributed by atoms with Crippen LogP contribution in [0.25, 0.3) is 11.1 Å². The van der Waals surface area contributed by atoms with Gasteiger partial charge in [-0.2, -0.15) is 0 Å². The molecule has 0 radical (unpaired) electrons. The quantitative estimate of drug-likeness (QED) is 0.147. The molecule has 5 aromatic rings. The van der Waals surface area contributed by atoms with Crippen LogP contribution in [0.4, 0.5) is 9.59 Å². The molecule has 0 aliphatic carbocycles. The van der Waals surface area contributed by atoms with Crippen LogP contribution in [0.2, 0.25) is 0 Å². The molecule has 0 bridgehead atoms. The van der Waals surface area contributed by atoms with Crippen LogP contribution in [-0.4, -0.2) is 159 Å². The first-order valence-corrected chi connectivity index (χ1v) is 26.1. The molecule has 4 atom stereocenters. The number of nitrogens with one attached hydrogen (secondary N) is 2. The van der Waals surface area contributed by atoms with Gasteiger partial charge in [0.1, 0.15) is 30.2 Å².